The van der Waals surface area contributed by atoms with Gasteiger partial charge in [-0.05, 0) is 53.4 Å². The fourth-order valence-corrected chi connectivity index (χ4v) is 4.56. The van der Waals surface area contributed by atoms with E-state index in [2.05, 4.69) is 85.3 Å². The van der Waals surface area contributed by atoms with Gasteiger partial charge >= 0.3 is 0 Å². The smallest absolute Gasteiger partial charge is 0.233 e. The molecule has 0 atom stereocenters. The Bertz CT molecular complexity index is 1720. The summed E-state index contributed by atoms with van der Waals surface area (Å²) in [5.41, 5.74) is 4.37. The van der Waals surface area contributed by atoms with Crippen molar-refractivity contribution >= 4 is 21.8 Å². The summed E-state index contributed by atoms with van der Waals surface area (Å²) in [5, 5.41) is 6.55. The fraction of sp³-hybridized carbons (Fsp3) is 0.167. The number of nitrogens with zero attached hydrogens (tertiary/aromatic N) is 5. The summed E-state index contributed by atoms with van der Waals surface area (Å²) >= 11 is 0. The third-order valence-corrected chi connectivity index (χ3v) is 6.41. The number of benzene rings is 3. The second-order valence-electron chi connectivity index (χ2n) is 10.0. The SMILES string of the molecule is C[n+]1[c-]n(-c2cccc(Oc3ccc4c5ccccc5n(-c5cc(C(C)(C)C)ccn5)c4c3)c2)cn1. The summed E-state index contributed by atoms with van der Waals surface area (Å²) in [7, 11) is 1.84. The van der Waals surface area contributed by atoms with Crippen LogP contribution in [0.1, 0.15) is 26.3 Å². The molecule has 0 radical (unpaired) electrons. The van der Waals surface area contributed by atoms with Gasteiger partial charge in [0.2, 0.25) is 6.33 Å². The lowest BCUT2D eigenvalue weighted by Crippen LogP contribution is -2.29. The van der Waals surface area contributed by atoms with E-state index in [1.807, 2.05) is 48.1 Å². The lowest BCUT2D eigenvalue weighted by Gasteiger charge is -2.20. The molecule has 0 aliphatic carbocycles. The second kappa shape index (κ2) is 8.34. The Morgan fingerprint density at radius 3 is 2.44 bits per heavy atom. The highest BCUT2D eigenvalue weighted by atomic mass is 16.5. The van der Waals surface area contributed by atoms with Crippen LogP contribution in [0.25, 0.3) is 33.3 Å². The van der Waals surface area contributed by atoms with Crippen molar-refractivity contribution in [2.75, 3.05) is 0 Å². The molecule has 3 heterocycles. The minimum absolute atomic E-state index is 0.0272. The molecule has 36 heavy (non-hydrogen) atoms. The van der Waals surface area contributed by atoms with Crippen LogP contribution < -0.4 is 9.42 Å². The first-order valence-corrected chi connectivity index (χ1v) is 12.0. The third kappa shape index (κ3) is 3.90. The average Bonchev–Trinajstić information content (AvgIpc) is 3.45. The molecule has 0 spiro atoms. The highest BCUT2D eigenvalue weighted by Crippen LogP contribution is 2.35. The maximum Gasteiger partial charge on any atom is 0.233 e. The zero-order chi connectivity index (χ0) is 24.9. The second-order valence-corrected chi connectivity index (χ2v) is 10.0. The van der Waals surface area contributed by atoms with Gasteiger partial charge in [-0.15, -0.1) is 5.10 Å². The zero-order valence-electron chi connectivity index (χ0n) is 20.8. The van der Waals surface area contributed by atoms with Crippen molar-refractivity contribution in [3.63, 3.8) is 0 Å². The van der Waals surface area contributed by atoms with E-state index in [9.17, 15) is 0 Å². The maximum atomic E-state index is 6.33. The third-order valence-electron chi connectivity index (χ3n) is 6.41. The number of para-hydroxylation sites is 1. The predicted molar refractivity (Wildman–Crippen MR) is 141 cm³/mol. The molecule has 3 aromatic heterocycles. The van der Waals surface area contributed by atoms with Crippen LogP contribution >= 0.6 is 0 Å². The molecule has 0 bridgehead atoms. The van der Waals surface area contributed by atoms with Gasteiger partial charge < -0.3 is 9.30 Å². The van der Waals surface area contributed by atoms with Gasteiger partial charge in [0, 0.05) is 28.7 Å². The molecule has 6 heteroatoms. The number of aromatic nitrogens is 5. The Labute approximate surface area is 210 Å². The Hall–Kier alpha value is -4.45. The van der Waals surface area contributed by atoms with Crippen LogP contribution in [0.5, 0.6) is 11.5 Å². The number of aryl methyl sites for hydroxylation is 1. The van der Waals surface area contributed by atoms with Gasteiger partial charge in [0.1, 0.15) is 23.6 Å². The molecule has 0 amide bonds. The van der Waals surface area contributed by atoms with Crippen LogP contribution in [-0.2, 0) is 12.5 Å². The standard InChI is InChI=1S/C30H27N5O/c1-30(2,3)21-14-15-31-29(16-21)35-27-11-6-5-10-25(27)26-13-12-24(18-28(26)35)36-23-9-7-8-22(17-23)34-19-32-33(4)20-34/h5-19H,1-4H3. The Kier molecular flexibility index (Phi) is 5.11. The Morgan fingerprint density at radius 1 is 0.833 bits per heavy atom. The lowest BCUT2D eigenvalue weighted by atomic mass is 9.88. The summed E-state index contributed by atoms with van der Waals surface area (Å²) in [6, 6.07) is 26.9. The lowest BCUT2D eigenvalue weighted by molar-refractivity contribution is -0.732. The Balaban J connectivity index is 1.47. The molecule has 6 rings (SSSR count). The van der Waals surface area contributed by atoms with Crippen molar-refractivity contribution in [3.05, 3.63) is 103 Å². The van der Waals surface area contributed by atoms with Crippen LogP contribution in [0.4, 0.5) is 0 Å². The Morgan fingerprint density at radius 2 is 1.64 bits per heavy atom. The van der Waals surface area contributed by atoms with Crippen molar-refractivity contribution in [2.45, 2.75) is 26.2 Å². The number of hydrogen-bond acceptors (Lipinski definition) is 3. The molecule has 6 nitrogen and oxygen atoms in total. The quantitative estimate of drug-likeness (QED) is 0.230. The van der Waals surface area contributed by atoms with E-state index >= 15 is 0 Å². The molecule has 0 saturated heterocycles. The average molecular weight is 474 g/mol. The van der Waals surface area contributed by atoms with Gasteiger partial charge in [-0.3, -0.25) is 4.57 Å². The first-order valence-electron chi connectivity index (χ1n) is 12.0. The first-order chi connectivity index (χ1) is 17.4. The van der Waals surface area contributed by atoms with Crippen LogP contribution in [0, 0.1) is 6.33 Å². The van der Waals surface area contributed by atoms with Gasteiger partial charge in [-0.1, -0.05) is 51.1 Å². The van der Waals surface area contributed by atoms with E-state index in [0.29, 0.717) is 0 Å². The topological polar surface area (TPSA) is 48.8 Å². The highest BCUT2D eigenvalue weighted by molar-refractivity contribution is 6.09. The maximum absolute atomic E-state index is 6.33. The summed E-state index contributed by atoms with van der Waals surface area (Å²) in [4.78, 5) is 4.76. The van der Waals surface area contributed by atoms with E-state index in [0.717, 1.165) is 39.4 Å². The van der Waals surface area contributed by atoms with Crippen LogP contribution in [-0.4, -0.2) is 19.2 Å². The molecule has 0 fully saturated rings. The molecular weight excluding hydrogens is 446 g/mol. The minimum Gasteiger partial charge on any atom is -0.458 e. The van der Waals surface area contributed by atoms with Gasteiger partial charge in [-0.25, -0.2) is 9.67 Å². The van der Waals surface area contributed by atoms with E-state index in [4.69, 9.17) is 9.72 Å². The zero-order valence-corrected chi connectivity index (χ0v) is 20.8. The molecular formula is C30H27N5O. The number of hydrogen-bond donors (Lipinski definition) is 0. The first kappa shape index (κ1) is 22.0. The minimum atomic E-state index is 0.0272. The van der Waals surface area contributed by atoms with Gasteiger partial charge in [0.25, 0.3) is 0 Å². The fourth-order valence-electron chi connectivity index (χ4n) is 4.56. The van der Waals surface area contributed by atoms with Crippen molar-refractivity contribution in [1.82, 2.24) is 19.2 Å². The number of ether oxygens (including phenoxy) is 1. The van der Waals surface area contributed by atoms with Gasteiger partial charge in [0.15, 0.2) is 0 Å². The molecule has 0 saturated carbocycles. The predicted octanol–water partition coefficient (Wildman–Crippen LogP) is 6.08. The van der Waals surface area contributed by atoms with Crippen molar-refractivity contribution in [3.8, 4) is 23.0 Å². The van der Waals surface area contributed by atoms with E-state index < -0.39 is 0 Å². The van der Waals surface area contributed by atoms with E-state index in [1.54, 1.807) is 11.0 Å². The molecule has 0 aliphatic heterocycles. The van der Waals surface area contributed by atoms with Crippen molar-refractivity contribution < 1.29 is 9.42 Å². The van der Waals surface area contributed by atoms with Crippen LogP contribution in [0.15, 0.2) is 91.4 Å². The number of pyridine rings is 1. The van der Waals surface area contributed by atoms with Crippen LogP contribution in [0.3, 0.4) is 0 Å². The molecule has 0 aliphatic rings. The summed E-state index contributed by atoms with van der Waals surface area (Å²) in [6.07, 6.45) is 6.74. The highest BCUT2D eigenvalue weighted by Gasteiger charge is 2.18. The molecule has 178 valence electrons. The van der Waals surface area contributed by atoms with E-state index in [1.165, 1.54) is 10.9 Å². The largest absolute Gasteiger partial charge is 0.458 e. The van der Waals surface area contributed by atoms with Crippen molar-refractivity contribution in [1.29, 1.82) is 0 Å². The molecule has 3 aromatic carbocycles. The summed E-state index contributed by atoms with van der Waals surface area (Å²) in [6.45, 7) is 6.67. The van der Waals surface area contributed by atoms with Crippen LogP contribution in [0.2, 0.25) is 0 Å². The molecule has 0 unspecified atom stereocenters. The molecule has 0 N–H and O–H groups in total. The van der Waals surface area contributed by atoms with Gasteiger partial charge in [-0.2, -0.15) is 0 Å². The summed E-state index contributed by atoms with van der Waals surface area (Å²) < 4.78 is 12.0. The van der Waals surface area contributed by atoms with Crippen molar-refractivity contribution in [2.24, 2.45) is 7.05 Å². The summed E-state index contributed by atoms with van der Waals surface area (Å²) in [5.74, 6) is 2.40. The number of rotatable bonds is 4. The normalized spacial score (nSPS) is 11.9. The number of fused-ring (bicyclic) bond motifs is 3. The monoisotopic (exact) mass is 473 g/mol. The van der Waals surface area contributed by atoms with Gasteiger partial charge in [0.05, 0.1) is 18.1 Å². The molecule has 6 aromatic rings. The van der Waals surface area contributed by atoms with E-state index in [-0.39, 0.29) is 5.41 Å².